The number of fused-ring (bicyclic) bond motifs is 1. The number of nitrogens with one attached hydrogen (secondary N) is 1. The Morgan fingerprint density at radius 1 is 0.975 bits per heavy atom. The van der Waals surface area contributed by atoms with Gasteiger partial charge in [-0.15, -0.1) is 0 Å². The number of anilines is 1. The van der Waals surface area contributed by atoms with Gasteiger partial charge in [0, 0.05) is 6.04 Å². The molecule has 3 aliphatic rings. The Morgan fingerprint density at radius 3 is 2.15 bits per heavy atom. The molecule has 8 nitrogen and oxygen atoms in total. The summed E-state index contributed by atoms with van der Waals surface area (Å²) in [6, 6.07) is 11.8. The molecule has 212 valence electrons. The van der Waals surface area contributed by atoms with Gasteiger partial charge in [0.2, 0.25) is 11.8 Å². The quantitative estimate of drug-likeness (QED) is 0.360. The maximum Gasteiger partial charge on any atom is 0.337 e. The molecule has 0 spiro atoms. The summed E-state index contributed by atoms with van der Waals surface area (Å²) in [7, 11) is 1.31. The van der Waals surface area contributed by atoms with Crippen molar-refractivity contribution in [2.24, 2.45) is 17.8 Å². The van der Waals surface area contributed by atoms with Crippen LogP contribution in [0.2, 0.25) is 0 Å². The highest BCUT2D eigenvalue weighted by atomic mass is 16.5. The maximum absolute atomic E-state index is 14.4. The molecule has 2 aromatic carbocycles. The Kier molecular flexibility index (Phi) is 7.82. The standard InChI is InChI=1S/C32H38N2O6/c1-4-20-12-9-13-21(5-2)27(20)34-28(35)24-25(29(34)36)32(31(38)39,18-19-10-7-6-8-11-19)33-26(24)22-14-16-23(17-15-22)30(37)40-3/h9,12-17,19,24-26,33H,4-8,10-11,18H2,1-3H3,(H,38,39). The molecule has 1 aliphatic carbocycles. The van der Waals surface area contributed by atoms with Gasteiger partial charge in [-0.3, -0.25) is 19.7 Å². The summed E-state index contributed by atoms with van der Waals surface area (Å²) in [4.78, 5) is 55.3. The highest BCUT2D eigenvalue weighted by Gasteiger charge is 2.69. The Labute approximate surface area is 235 Å². The highest BCUT2D eigenvalue weighted by Crippen LogP contribution is 2.53. The van der Waals surface area contributed by atoms with E-state index in [4.69, 9.17) is 4.74 Å². The first-order chi connectivity index (χ1) is 19.3. The van der Waals surface area contributed by atoms with Crippen LogP contribution in [-0.4, -0.2) is 41.5 Å². The van der Waals surface area contributed by atoms with Gasteiger partial charge in [-0.05, 0) is 54.0 Å². The number of methoxy groups -OCH3 is 1. The van der Waals surface area contributed by atoms with Gasteiger partial charge < -0.3 is 9.84 Å². The fraction of sp³-hybridized carbons (Fsp3) is 0.500. The molecule has 0 aromatic heterocycles. The predicted molar refractivity (Wildman–Crippen MR) is 150 cm³/mol. The summed E-state index contributed by atoms with van der Waals surface area (Å²) in [6.45, 7) is 3.98. The number of imide groups is 1. The molecule has 3 fully saturated rings. The number of esters is 1. The van der Waals surface area contributed by atoms with Crippen LogP contribution in [0.15, 0.2) is 42.5 Å². The number of para-hydroxylation sites is 1. The average molecular weight is 547 g/mol. The normalized spacial score (nSPS) is 26.7. The minimum atomic E-state index is -1.58. The fourth-order valence-corrected chi connectivity index (χ4v) is 7.27. The third-order valence-electron chi connectivity index (χ3n) is 9.25. The lowest BCUT2D eigenvalue weighted by molar-refractivity contribution is -0.150. The smallest absolute Gasteiger partial charge is 0.337 e. The van der Waals surface area contributed by atoms with Gasteiger partial charge in [-0.2, -0.15) is 0 Å². The lowest BCUT2D eigenvalue weighted by atomic mass is 9.72. The molecule has 1 saturated carbocycles. The largest absolute Gasteiger partial charge is 0.480 e. The maximum atomic E-state index is 14.4. The van der Waals surface area contributed by atoms with E-state index in [2.05, 4.69) is 5.32 Å². The van der Waals surface area contributed by atoms with Crippen molar-refractivity contribution in [3.8, 4) is 0 Å². The molecule has 2 aromatic rings. The molecule has 2 amide bonds. The van der Waals surface area contributed by atoms with Crippen LogP contribution in [0.4, 0.5) is 5.69 Å². The lowest BCUT2D eigenvalue weighted by Gasteiger charge is -2.36. The summed E-state index contributed by atoms with van der Waals surface area (Å²) in [5.41, 5.74) is 1.83. The number of aryl methyl sites for hydroxylation is 2. The van der Waals surface area contributed by atoms with Gasteiger partial charge in [-0.1, -0.05) is 76.3 Å². The predicted octanol–water partition coefficient (Wildman–Crippen LogP) is 4.84. The summed E-state index contributed by atoms with van der Waals surface area (Å²) >= 11 is 0. The number of benzene rings is 2. The van der Waals surface area contributed by atoms with E-state index in [1.165, 1.54) is 12.0 Å². The number of carboxylic acids is 1. The third-order valence-corrected chi connectivity index (χ3v) is 9.25. The molecule has 4 unspecified atom stereocenters. The molecular formula is C32H38N2O6. The van der Waals surface area contributed by atoms with Crippen LogP contribution in [-0.2, 0) is 32.0 Å². The number of ether oxygens (including phenoxy) is 1. The molecule has 0 bridgehead atoms. The average Bonchev–Trinajstić information content (AvgIpc) is 3.46. The zero-order chi connectivity index (χ0) is 28.6. The Hall–Kier alpha value is -3.52. The van der Waals surface area contributed by atoms with E-state index in [9.17, 15) is 24.3 Å². The number of carboxylic acid groups (broad SMARTS) is 1. The zero-order valence-electron chi connectivity index (χ0n) is 23.4. The van der Waals surface area contributed by atoms with Crippen LogP contribution in [0.1, 0.15) is 85.5 Å². The molecule has 8 heteroatoms. The van der Waals surface area contributed by atoms with Gasteiger partial charge in [0.15, 0.2) is 0 Å². The van der Waals surface area contributed by atoms with Gasteiger partial charge >= 0.3 is 11.9 Å². The van der Waals surface area contributed by atoms with Crippen molar-refractivity contribution in [1.82, 2.24) is 5.32 Å². The second-order valence-corrected chi connectivity index (χ2v) is 11.4. The highest BCUT2D eigenvalue weighted by molar-refractivity contribution is 6.25. The molecule has 2 N–H and O–H groups in total. The molecule has 2 saturated heterocycles. The van der Waals surface area contributed by atoms with Crippen LogP contribution in [0.3, 0.4) is 0 Å². The van der Waals surface area contributed by atoms with E-state index in [0.29, 0.717) is 36.1 Å². The van der Waals surface area contributed by atoms with Crippen molar-refractivity contribution in [2.45, 2.75) is 76.8 Å². The van der Waals surface area contributed by atoms with E-state index in [1.54, 1.807) is 24.3 Å². The van der Waals surface area contributed by atoms with Crippen molar-refractivity contribution in [3.63, 3.8) is 0 Å². The van der Waals surface area contributed by atoms with Gasteiger partial charge in [-0.25, -0.2) is 9.69 Å². The fourth-order valence-electron chi connectivity index (χ4n) is 7.27. The number of amides is 2. The summed E-state index contributed by atoms with van der Waals surface area (Å²) < 4.78 is 4.82. The minimum absolute atomic E-state index is 0.157. The van der Waals surface area contributed by atoms with E-state index in [1.807, 2.05) is 32.0 Å². The van der Waals surface area contributed by atoms with Crippen molar-refractivity contribution >= 4 is 29.4 Å². The Morgan fingerprint density at radius 2 is 1.60 bits per heavy atom. The second-order valence-electron chi connectivity index (χ2n) is 11.4. The first kappa shape index (κ1) is 28.0. The Balaban J connectivity index is 1.64. The molecular weight excluding hydrogens is 508 g/mol. The van der Waals surface area contributed by atoms with Crippen LogP contribution in [0.25, 0.3) is 0 Å². The van der Waals surface area contributed by atoms with Crippen molar-refractivity contribution < 1.29 is 29.0 Å². The molecule has 40 heavy (non-hydrogen) atoms. The number of hydrogen-bond acceptors (Lipinski definition) is 6. The van der Waals surface area contributed by atoms with Gasteiger partial charge in [0.25, 0.3) is 0 Å². The second kappa shape index (κ2) is 11.2. The van der Waals surface area contributed by atoms with Crippen LogP contribution in [0.5, 0.6) is 0 Å². The SMILES string of the molecule is CCc1cccc(CC)c1N1C(=O)C2C(c3ccc(C(=O)OC)cc3)NC(CC3CCCCC3)(C(=O)O)C2C1=O. The van der Waals surface area contributed by atoms with Crippen LogP contribution >= 0.6 is 0 Å². The van der Waals surface area contributed by atoms with E-state index in [-0.39, 0.29) is 11.8 Å². The first-order valence-electron chi connectivity index (χ1n) is 14.4. The summed E-state index contributed by atoms with van der Waals surface area (Å²) in [5, 5.41) is 14.1. The van der Waals surface area contributed by atoms with E-state index < -0.39 is 41.3 Å². The van der Waals surface area contributed by atoms with Crippen LogP contribution < -0.4 is 10.2 Å². The lowest BCUT2D eigenvalue weighted by Crippen LogP contribution is -2.57. The van der Waals surface area contributed by atoms with E-state index in [0.717, 1.165) is 43.2 Å². The van der Waals surface area contributed by atoms with E-state index >= 15 is 0 Å². The first-order valence-corrected chi connectivity index (χ1v) is 14.4. The number of carbonyl (C=O) groups excluding carboxylic acids is 3. The summed E-state index contributed by atoms with van der Waals surface area (Å²) in [5.74, 6) is -4.15. The van der Waals surface area contributed by atoms with Crippen LogP contribution in [0, 0.1) is 17.8 Å². The molecule has 0 radical (unpaired) electrons. The molecule has 2 heterocycles. The third kappa shape index (κ3) is 4.52. The number of aliphatic carboxylic acids is 1. The van der Waals surface area contributed by atoms with Crippen molar-refractivity contribution in [1.29, 1.82) is 0 Å². The molecule has 2 aliphatic heterocycles. The molecule has 4 atom stereocenters. The minimum Gasteiger partial charge on any atom is -0.480 e. The van der Waals surface area contributed by atoms with Crippen molar-refractivity contribution in [3.05, 3.63) is 64.7 Å². The Bertz CT molecular complexity index is 1290. The zero-order valence-corrected chi connectivity index (χ0v) is 23.4. The molecule has 5 rings (SSSR count). The van der Waals surface area contributed by atoms with Gasteiger partial charge in [0.05, 0.1) is 30.2 Å². The number of rotatable bonds is 8. The number of carbonyl (C=O) groups is 4. The monoisotopic (exact) mass is 546 g/mol. The summed E-state index contributed by atoms with van der Waals surface area (Å²) in [6.07, 6.45) is 6.60. The van der Waals surface area contributed by atoms with Gasteiger partial charge in [0.1, 0.15) is 5.54 Å². The topological polar surface area (TPSA) is 113 Å². The number of hydrogen-bond donors (Lipinski definition) is 2. The number of nitrogens with zero attached hydrogens (tertiary/aromatic N) is 1. The van der Waals surface area contributed by atoms with Crippen molar-refractivity contribution in [2.75, 3.05) is 12.0 Å².